The van der Waals surface area contributed by atoms with Crippen LogP contribution in [0.25, 0.3) is 10.2 Å². The molecule has 0 bridgehead atoms. The first-order valence-electron chi connectivity index (χ1n) is 8.34. The van der Waals surface area contributed by atoms with E-state index in [4.69, 9.17) is 5.26 Å². The second-order valence-electron chi connectivity index (χ2n) is 6.39. The molecule has 3 aromatic rings. The lowest BCUT2D eigenvalue weighted by Gasteiger charge is -2.28. The third-order valence-electron chi connectivity index (χ3n) is 5.06. The Hall–Kier alpha value is -2.22. The molecule has 3 nitrogen and oxygen atoms in total. The van der Waals surface area contributed by atoms with E-state index in [0.717, 1.165) is 37.0 Å². The third kappa shape index (κ3) is 2.82. The first-order valence-corrected chi connectivity index (χ1v) is 9.21. The van der Waals surface area contributed by atoms with Gasteiger partial charge >= 0.3 is 0 Å². The zero-order chi connectivity index (χ0) is 16.5. The van der Waals surface area contributed by atoms with Gasteiger partial charge in [-0.1, -0.05) is 12.1 Å². The Morgan fingerprint density at radius 3 is 2.79 bits per heavy atom. The van der Waals surface area contributed by atoms with E-state index in [1.807, 2.05) is 11.6 Å². The van der Waals surface area contributed by atoms with Crippen LogP contribution in [0, 0.1) is 11.3 Å². The lowest BCUT2D eigenvalue weighted by molar-refractivity contribution is 0.221. The highest BCUT2D eigenvalue weighted by Crippen LogP contribution is 2.28. The largest absolute Gasteiger partial charge is 0.296 e. The number of nitrogens with zero attached hydrogens (tertiary/aromatic N) is 3. The summed E-state index contributed by atoms with van der Waals surface area (Å²) >= 11 is 1.69. The van der Waals surface area contributed by atoms with Crippen LogP contribution >= 0.6 is 11.3 Å². The summed E-state index contributed by atoms with van der Waals surface area (Å²) < 4.78 is 1.25. The molecule has 0 amide bonds. The van der Waals surface area contributed by atoms with E-state index in [1.165, 1.54) is 21.4 Å². The van der Waals surface area contributed by atoms with E-state index >= 15 is 0 Å². The number of fused-ring (bicyclic) bond motifs is 2. The molecule has 0 fully saturated rings. The lowest BCUT2D eigenvalue weighted by Crippen LogP contribution is -2.29. The molecule has 0 saturated carbocycles. The maximum absolute atomic E-state index is 9.10. The molecule has 2 heterocycles. The van der Waals surface area contributed by atoms with E-state index in [-0.39, 0.29) is 0 Å². The van der Waals surface area contributed by atoms with Crippen LogP contribution in [-0.4, -0.2) is 23.0 Å². The van der Waals surface area contributed by atoms with Crippen molar-refractivity contribution in [1.82, 2.24) is 9.88 Å². The highest BCUT2D eigenvalue weighted by molar-refractivity contribution is 7.16. The van der Waals surface area contributed by atoms with Gasteiger partial charge in [-0.05, 0) is 60.7 Å². The summed E-state index contributed by atoms with van der Waals surface area (Å²) in [6.07, 6.45) is 2.05. The van der Waals surface area contributed by atoms with Crippen LogP contribution in [0.2, 0.25) is 0 Å². The fourth-order valence-electron chi connectivity index (χ4n) is 3.54. The van der Waals surface area contributed by atoms with Crippen molar-refractivity contribution in [2.75, 3.05) is 13.1 Å². The zero-order valence-corrected chi connectivity index (χ0v) is 14.5. The maximum Gasteiger partial charge on any atom is 0.0991 e. The Morgan fingerprint density at radius 1 is 1.12 bits per heavy atom. The Kier molecular flexibility index (Phi) is 4.05. The van der Waals surface area contributed by atoms with Crippen LogP contribution in [0.3, 0.4) is 0 Å². The summed E-state index contributed by atoms with van der Waals surface area (Å²) in [5.41, 5.74) is 7.83. The molecular formula is C20H19N3S. The van der Waals surface area contributed by atoms with Gasteiger partial charge in [-0.15, -0.1) is 11.3 Å². The fourth-order valence-corrected chi connectivity index (χ4v) is 4.20. The van der Waals surface area contributed by atoms with Crippen LogP contribution in [0.1, 0.15) is 35.2 Å². The minimum absolute atomic E-state index is 0.376. The monoisotopic (exact) mass is 333 g/mol. The highest BCUT2D eigenvalue weighted by Gasteiger charge is 2.20. The van der Waals surface area contributed by atoms with Gasteiger partial charge < -0.3 is 0 Å². The zero-order valence-electron chi connectivity index (χ0n) is 13.7. The van der Waals surface area contributed by atoms with Gasteiger partial charge in [0.1, 0.15) is 0 Å². The normalized spacial score (nSPS) is 16.3. The number of thiazole rings is 1. The molecule has 120 valence electrons. The van der Waals surface area contributed by atoms with Gasteiger partial charge in [0, 0.05) is 19.1 Å². The third-order valence-corrected chi connectivity index (χ3v) is 5.87. The van der Waals surface area contributed by atoms with E-state index in [1.54, 1.807) is 11.3 Å². The van der Waals surface area contributed by atoms with Crippen LogP contribution in [0.15, 0.2) is 41.9 Å². The van der Waals surface area contributed by atoms with Crippen molar-refractivity contribution in [2.24, 2.45) is 0 Å². The van der Waals surface area contributed by atoms with Gasteiger partial charge in [0.05, 0.1) is 27.4 Å². The van der Waals surface area contributed by atoms with Gasteiger partial charge in [-0.2, -0.15) is 5.26 Å². The molecule has 1 aromatic heterocycles. The van der Waals surface area contributed by atoms with Crippen molar-refractivity contribution in [2.45, 2.75) is 25.8 Å². The smallest absolute Gasteiger partial charge is 0.0991 e. The summed E-state index contributed by atoms with van der Waals surface area (Å²) in [6.45, 7) is 4.36. The lowest BCUT2D eigenvalue weighted by atomic mass is 10.0. The van der Waals surface area contributed by atoms with Crippen LogP contribution in [-0.2, 0) is 12.8 Å². The topological polar surface area (TPSA) is 39.9 Å². The number of rotatable bonds is 2. The van der Waals surface area contributed by atoms with Crippen LogP contribution in [0.4, 0.5) is 0 Å². The first-order chi connectivity index (χ1) is 11.7. The number of hydrogen-bond acceptors (Lipinski definition) is 4. The molecule has 2 aromatic carbocycles. The summed E-state index contributed by atoms with van der Waals surface area (Å²) in [5.74, 6) is 0. The molecule has 1 atom stereocenters. The van der Waals surface area contributed by atoms with E-state index < -0.39 is 0 Å². The quantitative estimate of drug-likeness (QED) is 0.701. The number of nitriles is 1. The molecule has 0 aliphatic carbocycles. The molecule has 0 radical (unpaired) electrons. The van der Waals surface area contributed by atoms with Crippen molar-refractivity contribution in [3.8, 4) is 6.07 Å². The maximum atomic E-state index is 9.10. The van der Waals surface area contributed by atoms with Crippen molar-refractivity contribution in [1.29, 1.82) is 5.26 Å². The van der Waals surface area contributed by atoms with E-state index in [2.05, 4.69) is 53.2 Å². The average molecular weight is 333 g/mol. The van der Waals surface area contributed by atoms with E-state index in [9.17, 15) is 0 Å². The molecule has 1 aliphatic heterocycles. The predicted molar refractivity (Wildman–Crippen MR) is 98.2 cm³/mol. The Morgan fingerprint density at radius 2 is 1.96 bits per heavy atom. The number of hydrogen-bond donors (Lipinski definition) is 0. The molecule has 0 unspecified atom stereocenters. The van der Waals surface area contributed by atoms with Crippen LogP contribution in [0.5, 0.6) is 0 Å². The summed E-state index contributed by atoms with van der Waals surface area (Å²) in [7, 11) is 0. The molecular weight excluding hydrogens is 314 g/mol. The highest BCUT2D eigenvalue weighted by atomic mass is 32.1. The van der Waals surface area contributed by atoms with Gasteiger partial charge in [0.15, 0.2) is 0 Å². The Labute approximate surface area is 146 Å². The van der Waals surface area contributed by atoms with Gasteiger partial charge in [0.25, 0.3) is 0 Å². The molecule has 1 aliphatic rings. The molecule has 0 spiro atoms. The first kappa shape index (κ1) is 15.3. The number of benzene rings is 2. The molecule has 4 rings (SSSR count). The Bertz CT molecular complexity index is 922. The molecule has 4 heteroatoms. The standard InChI is InChI=1S/C20H19N3S/c1-14(17-4-5-20-19(11-17)22-13-24-20)23-8-6-16-3-2-15(12-21)10-18(16)7-9-23/h2-5,10-11,13-14H,6-9H2,1H3/t14-/m1/s1. The SMILES string of the molecule is C[C@H](c1ccc2scnc2c1)N1CCc2ccc(C#N)cc2CC1. The molecule has 0 saturated heterocycles. The average Bonchev–Trinajstić information content (AvgIpc) is 2.99. The van der Waals surface area contributed by atoms with Crippen molar-refractivity contribution in [3.63, 3.8) is 0 Å². The molecule has 24 heavy (non-hydrogen) atoms. The van der Waals surface area contributed by atoms with Crippen molar-refractivity contribution in [3.05, 3.63) is 64.2 Å². The van der Waals surface area contributed by atoms with E-state index in [0.29, 0.717) is 6.04 Å². The number of aromatic nitrogens is 1. The molecule has 0 N–H and O–H groups in total. The summed E-state index contributed by atoms with van der Waals surface area (Å²) in [4.78, 5) is 6.99. The fraction of sp³-hybridized carbons (Fsp3) is 0.300. The van der Waals surface area contributed by atoms with Gasteiger partial charge in [0.2, 0.25) is 0 Å². The summed E-state index contributed by atoms with van der Waals surface area (Å²) in [5, 5.41) is 9.10. The van der Waals surface area contributed by atoms with Crippen LogP contribution < -0.4 is 0 Å². The van der Waals surface area contributed by atoms with Gasteiger partial charge in [-0.25, -0.2) is 4.98 Å². The Balaban J connectivity index is 1.56. The predicted octanol–water partition coefficient (Wildman–Crippen LogP) is 4.33. The van der Waals surface area contributed by atoms with Crippen molar-refractivity contribution < 1.29 is 0 Å². The minimum Gasteiger partial charge on any atom is -0.296 e. The van der Waals surface area contributed by atoms with Crippen molar-refractivity contribution >= 4 is 21.6 Å². The summed E-state index contributed by atoms with van der Waals surface area (Å²) in [6, 6.07) is 15.4. The minimum atomic E-state index is 0.376. The second kappa shape index (κ2) is 6.35. The van der Waals surface area contributed by atoms with Gasteiger partial charge in [-0.3, -0.25) is 4.90 Å². The second-order valence-corrected chi connectivity index (χ2v) is 7.27.